The predicted octanol–water partition coefficient (Wildman–Crippen LogP) is 3.47. The molecule has 0 spiro atoms. The zero-order chi connectivity index (χ0) is 15.3. The van der Waals surface area contributed by atoms with Crippen LogP contribution in [0, 0.1) is 6.92 Å². The molecule has 0 aliphatic rings. The van der Waals surface area contributed by atoms with Gasteiger partial charge in [0.05, 0.1) is 6.42 Å². The lowest BCUT2D eigenvalue weighted by molar-refractivity contribution is -0.137. The number of rotatable bonds is 5. The molecular weight excluding hydrogens is 324 g/mol. The topological polar surface area (TPSA) is 69.6 Å². The Kier molecular flexibility index (Phi) is 6.01. The standard InChI is InChI=1S/C14H19BrN2O3/c1-9(2)17(7-6-13(18)19)14(20)16-12-8-11(15)5-4-10(12)3/h4-5,8-9H,6-7H2,1-3H3,(H,16,20)(H,18,19). The van der Waals surface area contributed by atoms with Crippen molar-refractivity contribution in [3.05, 3.63) is 28.2 Å². The molecule has 1 aromatic rings. The van der Waals surface area contributed by atoms with Crippen LogP contribution in [-0.4, -0.2) is 34.6 Å². The maximum Gasteiger partial charge on any atom is 0.322 e. The number of benzene rings is 1. The summed E-state index contributed by atoms with van der Waals surface area (Å²) in [4.78, 5) is 24.4. The number of amides is 2. The molecule has 0 saturated carbocycles. The molecule has 0 unspecified atom stereocenters. The van der Waals surface area contributed by atoms with Crippen molar-refractivity contribution in [2.75, 3.05) is 11.9 Å². The van der Waals surface area contributed by atoms with Crippen LogP contribution in [0.15, 0.2) is 22.7 Å². The molecule has 0 atom stereocenters. The first-order chi connectivity index (χ1) is 9.31. The molecule has 0 aliphatic carbocycles. The molecule has 1 aromatic carbocycles. The molecule has 0 fully saturated rings. The van der Waals surface area contributed by atoms with Gasteiger partial charge in [-0.2, -0.15) is 0 Å². The summed E-state index contributed by atoms with van der Waals surface area (Å²) in [5, 5.41) is 11.6. The normalized spacial score (nSPS) is 10.4. The van der Waals surface area contributed by atoms with Crippen molar-refractivity contribution in [1.29, 1.82) is 0 Å². The number of aliphatic carboxylic acids is 1. The smallest absolute Gasteiger partial charge is 0.322 e. The van der Waals surface area contributed by atoms with E-state index in [0.29, 0.717) is 5.69 Å². The van der Waals surface area contributed by atoms with Gasteiger partial charge in [-0.25, -0.2) is 4.79 Å². The van der Waals surface area contributed by atoms with Gasteiger partial charge in [0.2, 0.25) is 0 Å². The maximum atomic E-state index is 12.2. The molecule has 1 rings (SSSR count). The fourth-order valence-corrected chi connectivity index (χ4v) is 2.09. The largest absolute Gasteiger partial charge is 0.481 e. The second-order valence-corrected chi connectivity index (χ2v) is 5.74. The Morgan fingerprint density at radius 2 is 2.05 bits per heavy atom. The van der Waals surface area contributed by atoms with Crippen molar-refractivity contribution < 1.29 is 14.7 Å². The molecule has 20 heavy (non-hydrogen) atoms. The van der Waals surface area contributed by atoms with Crippen LogP contribution in [0.4, 0.5) is 10.5 Å². The molecular formula is C14H19BrN2O3. The Labute approximate surface area is 127 Å². The molecule has 5 nitrogen and oxygen atoms in total. The van der Waals surface area contributed by atoms with Gasteiger partial charge in [0.25, 0.3) is 0 Å². The van der Waals surface area contributed by atoms with E-state index in [1.165, 1.54) is 4.90 Å². The van der Waals surface area contributed by atoms with Gasteiger partial charge in [-0.05, 0) is 38.5 Å². The van der Waals surface area contributed by atoms with Gasteiger partial charge in [-0.15, -0.1) is 0 Å². The zero-order valence-electron chi connectivity index (χ0n) is 11.8. The third-order valence-electron chi connectivity index (χ3n) is 2.89. The van der Waals surface area contributed by atoms with Crippen LogP contribution < -0.4 is 5.32 Å². The van der Waals surface area contributed by atoms with E-state index in [-0.39, 0.29) is 25.0 Å². The van der Waals surface area contributed by atoms with Gasteiger partial charge in [0.1, 0.15) is 0 Å². The highest BCUT2D eigenvalue weighted by Crippen LogP contribution is 2.21. The third-order valence-corrected chi connectivity index (χ3v) is 3.39. The molecule has 0 aromatic heterocycles. The highest BCUT2D eigenvalue weighted by Gasteiger charge is 2.18. The molecule has 0 saturated heterocycles. The van der Waals surface area contributed by atoms with Gasteiger partial charge < -0.3 is 15.3 Å². The highest BCUT2D eigenvalue weighted by atomic mass is 79.9. The highest BCUT2D eigenvalue weighted by molar-refractivity contribution is 9.10. The van der Waals surface area contributed by atoms with E-state index in [4.69, 9.17) is 5.11 Å². The van der Waals surface area contributed by atoms with Crippen molar-refractivity contribution in [3.8, 4) is 0 Å². The number of hydrogen-bond donors (Lipinski definition) is 2. The van der Waals surface area contributed by atoms with E-state index < -0.39 is 5.97 Å². The van der Waals surface area contributed by atoms with E-state index in [2.05, 4.69) is 21.2 Å². The monoisotopic (exact) mass is 342 g/mol. The van der Waals surface area contributed by atoms with Crippen LogP contribution in [0.3, 0.4) is 0 Å². The second-order valence-electron chi connectivity index (χ2n) is 4.82. The quantitative estimate of drug-likeness (QED) is 0.860. The Hall–Kier alpha value is -1.56. The van der Waals surface area contributed by atoms with Crippen LogP contribution in [0.1, 0.15) is 25.8 Å². The third kappa shape index (κ3) is 4.85. The van der Waals surface area contributed by atoms with Crippen molar-refractivity contribution in [3.63, 3.8) is 0 Å². The SMILES string of the molecule is Cc1ccc(Br)cc1NC(=O)N(CCC(=O)O)C(C)C. The number of halogens is 1. The minimum Gasteiger partial charge on any atom is -0.481 e. The van der Waals surface area contributed by atoms with E-state index in [1.807, 2.05) is 39.0 Å². The summed E-state index contributed by atoms with van der Waals surface area (Å²) in [6.45, 7) is 5.80. The lowest BCUT2D eigenvalue weighted by Gasteiger charge is -2.26. The van der Waals surface area contributed by atoms with Crippen molar-refractivity contribution in [1.82, 2.24) is 4.90 Å². The Morgan fingerprint density at radius 1 is 1.40 bits per heavy atom. The van der Waals surface area contributed by atoms with Crippen molar-refractivity contribution in [2.45, 2.75) is 33.2 Å². The van der Waals surface area contributed by atoms with Crippen LogP contribution in [0.25, 0.3) is 0 Å². The summed E-state index contributed by atoms with van der Waals surface area (Å²) in [6.07, 6.45) is -0.0664. The van der Waals surface area contributed by atoms with E-state index in [1.54, 1.807) is 0 Å². The number of nitrogens with one attached hydrogen (secondary N) is 1. The fraction of sp³-hybridized carbons (Fsp3) is 0.429. The molecule has 2 amide bonds. The van der Waals surface area contributed by atoms with Gasteiger partial charge >= 0.3 is 12.0 Å². The summed E-state index contributed by atoms with van der Waals surface area (Å²) < 4.78 is 0.875. The maximum absolute atomic E-state index is 12.2. The molecule has 0 heterocycles. The zero-order valence-corrected chi connectivity index (χ0v) is 13.4. The van der Waals surface area contributed by atoms with E-state index in [0.717, 1.165) is 10.0 Å². The van der Waals surface area contributed by atoms with Crippen LogP contribution in [0.5, 0.6) is 0 Å². The van der Waals surface area contributed by atoms with Crippen molar-refractivity contribution >= 4 is 33.6 Å². The first-order valence-corrected chi connectivity index (χ1v) is 7.16. The molecule has 0 aliphatic heterocycles. The van der Waals surface area contributed by atoms with Crippen LogP contribution >= 0.6 is 15.9 Å². The van der Waals surface area contributed by atoms with E-state index >= 15 is 0 Å². The number of anilines is 1. The van der Waals surface area contributed by atoms with Crippen LogP contribution in [0.2, 0.25) is 0 Å². The molecule has 2 N–H and O–H groups in total. The average molecular weight is 343 g/mol. The number of carboxylic acids is 1. The molecule has 6 heteroatoms. The summed E-state index contributed by atoms with van der Waals surface area (Å²) >= 11 is 3.36. The molecule has 0 bridgehead atoms. The fourth-order valence-electron chi connectivity index (χ4n) is 1.73. The number of carboxylic acid groups (broad SMARTS) is 1. The van der Waals surface area contributed by atoms with E-state index in [9.17, 15) is 9.59 Å². The first kappa shape index (κ1) is 16.5. The lowest BCUT2D eigenvalue weighted by Crippen LogP contribution is -2.41. The number of carbonyl (C=O) groups is 2. The minimum atomic E-state index is -0.915. The molecule has 110 valence electrons. The Morgan fingerprint density at radius 3 is 2.60 bits per heavy atom. The van der Waals surface area contributed by atoms with Gasteiger partial charge in [-0.1, -0.05) is 22.0 Å². The number of hydrogen-bond acceptors (Lipinski definition) is 2. The number of aryl methyl sites for hydroxylation is 1. The number of urea groups is 1. The number of nitrogens with zero attached hydrogens (tertiary/aromatic N) is 1. The van der Waals surface area contributed by atoms with Gasteiger partial charge in [0.15, 0.2) is 0 Å². The van der Waals surface area contributed by atoms with Gasteiger partial charge in [0, 0.05) is 22.7 Å². The Bertz CT molecular complexity index is 503. The summed E-state index contributed by atoms with van der Waals surface area (Å²) in [5.74, 6) is -0.915. The minimum absolute atomic E-state index is 0.0664. The Balaban J connectivity index is 2.80. The summed E-state index contributed by atoms with van der Waals surface area (Å²) in [6, 6.07) is 5.26. The average Bonchev–Trinajstić information content (AvgIpc) is 2.33. The van der Waals surface area contributed by atoms with Crippen LogP contribution in [-0.2, 0) is 4.79 Å². The van der Waals surface area contributed by atoms with Gasteiger partial charge in [-0.3, -0.25) is 4.79 Å². The summed E-state index contributed by atoms with van der Waals surface area (Å²) in [5.41, 5.74) is 1.66. The van der Waals surface area contributed by atoms with Crippen molar-refractivity contribution in [2.24, 2.45) is 0 Å². The predicted molar refractivity (Wildman–Crippen MR) is 82.0 cm³/mol. The molecule has 0 radical (unpaired) electrons. The summed E-state index contributed by atoms with van der Waals surface area (Å²) in [7, 11) is 0. The number of carbonyl (C=O) groups excluding carboxylic acids is 1. The first-order valence-electron chi connectivity index (χ1n) is 6.37. The second kappa shape index (κ2) is 7.28. The lowest BCUT2D eigenvalue weighted by atomic mass is 10.2.